The summed E-state index contributed by atoms with van der Waals surface area (Å²) in [6, 6.07) is 10.9. The van der Waals surface area contributed by atoms with Crippen molar-refractivity contribution < 1.29 is 9.53 Å². The molecular weight excluding hydrogens is 340 g/mol. The molecule has 6 nitrogen and oxygen atoms in total. The van der Waals surface area contributed by atoms with E-state index in [4.69, 9.17) is 16.3 Å². The highest BCUT2D eigenvalue weighted by Crippen LogP contribution is 2.23. The van der Waals surface area contributed by atoms with Crippen LogP contribution >= 0.6 is 11.6 Å². The fraction of sp³-hybridized carbons (Fsp3) is 0.333. The molecule has 0 unspecified atom stereocenters. The molecule has 0 spiro atoms. The number of piperazine rings is 1. The molecule has 25 heavy (non-hydrogen) atoms. The van der Waals surface area contributed by atoms with Crippen LogP contribution in [0.15, 0.2) is 42.6 Å². The summed E-state index contributed by atoms with van der Waals surface area (Å²) < 4.78 is 5.40. The van der Waals surface area contributed by atoms with Crippen molar-refractivity contribution in [2.45, 2.75) is 6.92 Å². The van der Waals surface area contributed by atoms with E-state index in [1.807, 2.05) is 43.3 Å². The van der Waals surface area contributed by atoms with Crippen LogP contribution in [-0.4, -0.2) is 48.7 Å². The van der Waals surface area contributed by atoms with E-state index in [1.165, 1.54) is 0 Å². The molecule has 1 aromatic heterocycles. The minimum Gasteiger partial charge on any atom is -0.494 e. The third kappa shape index (κ3) is 4.33. The molecule has 1 aromatic carbocycles. The topological polar surface area (TPSA) is 57.7 Å². The Bertz CT molecular complexity index is 715. The molecule has 0 bridgehead atoms. The molecule has 1 N–H and O–H groups in total. The average molecular weight is 361 g/mol. The molecule has 2 heterocycles. The fourth-order valence-electron chi connectivity index (χ4n) is 2.74. The summed E-state index contributed by atoms with van der Waals surface area (Å²) in [5.74, 6) is 1.57. The standard InChI is InChI=1S/C18H21ClN4O2/c1-2-25-15-7-5-14(6-8-15)21-18(24)23-12-10-22(11-13-23)17-16(19)4-3-9-20-17/h3-9H,2,10-13H2,1H3,(H,21,24). The third-order valence-corrected chi connectivity index (χ3v) is 4.32. The second kappa shape index (κ2) is 8.07. The first-order valence-corrected chi connectivity index (χ1v) is 8.69. The van der Waals surface area contributed by atoms with Crippen molar-refractivity contribution in [1.82, 2.24) is 9.88 Å². The van der Waals surface area contributed by atoms with Crippen molar-refractivity contribution >= 4 is 29.1 Å². The lowest BCUT2D eigenvalue weighted by molar-refractivity contribution is 0.208. The number of nitrogens with one attached hydrogen (secondary N) is 1. The van der Waals surface area contributed by atoms with Crippen molar-refractivity contribution in [3.05, 3.63) is 47.6 Å². The number of amides is 2. The van der Waals surface area contributed by atoms with Gasteiger partial charge < -0.3 is 19.9 Å². The van der Waals surface area contributed by atoms with E-state index in [1.54, 1.807) is 11.1 Å². The normalized spacial score (nSPS) is 14.3. The summed E-state index contributed by atoms with van der Waals surface area (Å²) in [5.41, 5.74) is 0.753. The number of anilines is 2. The lowest BCUT2D eigenvalue weighted by Crippen LogP contribution is -2.50. The number of benzene rings is 1. The Morgan fingerprint density at radius 3 is 2.56 bits per heavy atom. The van der Waals surface area contributed by atoms with E-state index in [0.29, 0.717) is 37.8 Å². The molecular formula is C18H21ClN4O2. The number of hydrogen-bond acceptors (Lipinski definition) is 4. The second-order valence-corrected chi connectivity index (χ2v) is 6.08. The quantitative estimate of drug-likeness (QED) is 0.906. The molecule has 3 rings (SSSR count). The summed E-state index contributed by atoms with van der Waals surface area (Å²) in [7, 11) is 0. The van der Waals surface area contributed by atoms with Gasteiger partial charge in [-0.25, -0.2) is 9.78 Å². The highest BCUT2D eigenvalue weighted by molar-refractivity contribution is 6.32. The zero-order valence-corrected chi connectivity index (χ0v) is 14.9. The minimum absolute atomic E-state index is 0.101. The van der Waals surface area contributed by atoms with Crippen LogP contribution in [-0.2, 0) is 0 Å². The second-order valence-electron chi connectivity index (χ2n) is 5.67. The van der Waals surface area contributed by atoms with Gasteiger partial charge in [-0.15, -0.1) is 0 Å². The number of ether oxygens (including phenoxy) is 1. The first-order chi connectivity index (χ1) is 12.2. The molecule has 0 atom stereocenters. The van der Waals surface area contributed by atoms with Crippen molar-refractivity contribution in [3.63, 3.8) is 0 Å². The van der Waals surface area contributed by atoms with Gasteiger partial charge in [-0.05, 0) is 43.3 Å². The molecule has 2 amide bonds. The first-order valence-electron chi connectivity index (χ1n) is 8.31. The Morgan fingerprint density at radius 2 is 1.92 bits per heavy atom. The number of hydrogen-bond donors (Lipinski definition) is 1. The van der Waals surface area contributed by atoms with Gasteiger partial charge in [-0.3, -0.25) is 0 Å². The molecule has 1 saturated heterocycles. The maximum atomic E-state index is 12.4. The summed E-state index contributed by atoms with van der Waals surface area (Å²) >= 11 is 6.19. The Labute approximate surface area is 152 Å². The largest absolute Gasteiger partial charge is 0.494 e. The number of aromatic nitrogens is 1. The predicted molar refractivity (Wildman–Crippen MR) is 99.7 cm³/mol. The van der Waals surface area contributed by atoms with Crippen LogP contribution in [0.5, 0.6) is 5.75 Å². The smallest absolute Gasteiger partial charge is 0.321 e. The van der Waals surface area contributed by atoms with Crippen molar-refractivity contribution in [2.24, 2.45) is 0 Å². The van der Waals surface area contributed by atoms with Crippen LogP contribution in [0.1, 0.15) is 6.92 Å². The van der Waals surface area contributed by atoms with E-state index in [0.717, 1.165) is 17.3 Å². The number of carbonyl (C=O) groups is 1. The summed E-state index contributed by atoms with van der Waals surface area (Å²) in [6.07, 6.45) is 1.73. The highest BCUT2D eigenvalue weighted by Gasteiger charge is 2.23. The number of urea groups is 1. The number of carbonyl (C=O) groups excluding carboxylic acids is 1. The zero-order valence-electron chi connectivity index (χ0n) is 14.1. The van der Waals surface area contributed by atoms with E-state index in [2.05, 4.69) is 15.2 Å². The lowest BCUT2D eigenvalue weighted by atomic mass is 10.3. The molecule has 1 aliphatic heterocycles. The highest BCUT2D eigenvalue weighted by atomic mass is 35.5. The first kappa shape index (κ1) is 17.4. The average Bonchev–Trinajstić information content (AvgIpc) is 2.64. The van der Waals surface area contributed by atoms with Gasteiger partial charge in [0.15, 0.2) is 0 Å². The lowest BCUT2D eigenvalue weighted by Gasteiger charge is -2.35. The van der Waals surface area contributed by atoms with Gasteiger partial charge in [0.05, 0.1) is 11.6 Å². The molecule has 2 aromatic rings. The van der Waals surface area contributed by atoms with Crippen molar-refractivity contribution in [2.75, 3.05) is 43.0 Å². The number of pyridine rings is 1. The summed E-state index contributed by atoms with van der Waals surface area (Å²) in [5, 5.41) is 3.55. The Morgan fingerprint density at radius 1 is 1.20 bits per heavy atom. The molecule has 1 fully saturated rings. The van der Waals surface area contributed by atoms with Gasteiger partial charge >= 0.3 is 6.03 Å². The molecule has 0 saturated carbocycles. The van der Waals surface area contributed by atoms with Crippen LogP contribution in [0, 0.1) is 0 Å². The minimum atomic E-state index is -0.101. The molecule has 0 radical (unpaired) electrons. The Kier molecular flexibility index (Phi) is 5.60. The Hall–Kier alpha value is -2.47. The molecule has 1 aliphatic rings. The summed E-state index contributed by atoms with van der Waals surface area (Å²) in [6.45, 7) is 5.20. The zero-order chi connectivity index (χ0) is 17.6. The Balaban J connectivity index is 1.54. The van der Waals surface area contributed by atoms with Crippen LogP contribution < -0.4 is 15.0 Å². The molecule has 0 aliphatic carbocycles. The number of halogens is 1. The number of rotatable bonds is 4. The van der Waals surface area contributed by atoms with E-state index < -0.39 is 0 Å². The molecule has 7 heteroatoms. The fourth-order valence-corrected chi connectivity index (χ4v) is 2.98. The van der Waals surface area contributed by atoms with E-state index in [9.17, 15) is 4.79 Å². The maximum Gasteiger partial charge on any atom is 0.321 e. The SMILES string of the molecule is CCOc1ccc(NC(=O)N2CCN(c3ncccc3Cl)CC2)cc1. The van der Waals surface area contributed by atoms with Gasteiger partial charge in [0.2, 0.25) is 0 Å². The predicted octanol–water partition coefficient (Wildman–Crippen LogP) is 3.49. The molecule has 132 valence electrons. The monoisotopic (exact) mass is 360 g/mol. The van der Waals surface area contributed by atoms with Crippen LogP contribution in [0.25, 0.3) is 0 Å². The maximum absolute atomic E-state index is 12.4. The summed E-state index contributed by atoms with van der Waals surface area (Å²) in [4.78, 5) is 20.6. The third-order valence-electron chi connectivity index (χ3n) is 4.02. The van der Waals surface area contributed by atoms with Crippen LogP contribution in [0.4, 0.5) is 16.3 Å². The van der Waals surface area contributed by atoms with Gasteiger partial charge in [0.1, 0.15) is 11.6 Å². The van der Waals surface area contributed by atoms with Crippen LogP contribution in [0.2, 0.25) is 5.02 Å². The van der Waals surface area contributed by atoms with Crippen LogP contribution in [0.3, 0.4) is 0 Å². The van der Waals surface area contributed by atoms with Gasteiger partial charge in [0, 0.05) is 38.1 Å². The van der Waals surface area contributed by atoms with Gasteiger partial charge in [-0.2, -0.15) is 0 Å². The van der Waals surface area contributed by atoms with Gasteiger partial charge in [0.25, 0.3) is 0 Å². The van der Waals surface area contributed by atoms with Crippen molar-refractivity contribution in [1.29, 1.82) is 0 Å². The van der Waals surface area contributed by atoms with Crippen molar-refractivity contribution in [3.8, 4) is 5.75 Å². The van der Waals surface area contributed by atoms with E-state index in [-0.39, 0.29) is 6.03 Å². The van der Waals surface area contributed by atoms with E-state index >= 15 is 0 Å². The van der Waals surface area contributed by atoms with Gasteiger partial charge in [-0.1, -0.05) is 11.6 Å². The number of nitrogens with zero attached hydrogens (tertiary/aromatic N) is 3.